The zero-order valence-electron chi connectivity index (χ0n) is 12.0. The van der Waals surface area contributed by atoms with Gasteiger partial charge in [-0.2, -0.15) is 0 Å². The summed E-state index contributed by atoms with van der Waals surface area (Å²) in [6.45, 7) is 5.08. The minimum absolute atomic E-state index is 0.168. The van der Waals surface area contributed by atoms with Gasteiger partial charge >= 0.3 is 0 Å². The first-order valence-corrected chi connectivity index (χ1v) is 7.97. The lowest BCUT2D eigenvalue weighted by molar-refractivity contribution is -0.125. The van der Waals surface area contributed by atoms with Crippen LogP contribution in [0.5, 0.6) is 0 Å². The van der Waals surface area contributed by atoms with Crippen LogP contribution < -0.4 is 0 Å². The summed E-state index contributed by atoms with van der Waals surface area (Å²) < 4.78 is 0. The molecule has 21 heavy (non-hydrogen) atoms. The van der Waals surface area contributed by atoms with Crippen LogP contribution in [0.2, 0.25) is 0 Å². The molecule has 4 saturated heterocycles. The fourth-order valence-corrected chi connectivity index (χ4v) is 4.80. The molecule has 5 heterocycles. The molecule has 1 aromatic rings. The predicted molar refractivity (Wildman–Crippen MR) is 80.2 cm³/mol. The Hall–Kier alpha value is -1.68. The topological polar surface area (TPSA) is 35.9 Å². The number of nitrogens with zero attached hydrogens (tertiary/aromatic N) is 3. The van der Waals surface area contributed by atoms with Crippen LogP contribution in [0.3, 0.4) is 0 Å². The molecule has 4 heteroatoms. The third-order valence-electron chi connectivity index (χ3n) is 5.79. The Kier molecular flexibility index (Phi) is 2.37. The first kappa shape index (κ1) is 11.9. The van der Waals surface area contributed by atoms with E-state index in [1.54, 1.807) is 0 Å². The van der Waals surface area contributed by atoms with Gasteiger partial charge in [-0.3, -0.25) is 9.79 Å². The molecule has 4 fully saturated rings. The number of carbonyl (C=O) groups is 1. The summed E-state index contributed by atoms with van der Waals surface area (Å²) in [6.07, 6.45) is 1.27. The van der Waals surface area contributed by atoms with E-state index in [0.29, 0.717) is 24.2 Å². The Bertz CT molecular complexity index is 653. The standard InChI is InChI=1S/C17H19N3O/c21-17(16-14-4-2-1-3-11(14)7-18-16)20-9-12-8-19-6-5-13(12)15(20)10-19/h1-4,12-13,15H,5-10H2/t12-,13-,15-/m0/s1. The van der Waals surface area contributed by atoms with Crippen molar-refractivity contribution in [1.29, 1.82) is 0 Å². The average Bonchev–Trinajstić information content (AvgIpc) is 3.06. The second-order valence-corrected chi connectivity index (χ2v) is 6.82. The molecule has 0 aromatic heterocycles. The highest BCUT2D eigenvalue weighted by Gasteiger charge is 2.51. The van der Waals surface area contributed by atoms with E-state index in [9.17, 15) is 4.79 Å². The average molecular weight is 281 g/mol. The lowest BCUT2D eigenvalue weighted by atomic mass is 9.80. The Labute approximate surface area is 124 Å². The fourth-order valence-electron chi connectivity index (χ4n) is 4.80. The number of rotatable bonds is 1. The van der Waals surface area contributed by atoms with Crippen molar-refractivity contribution in [1.82, 2.24) is 9.80 Å². The molecular formula is C17H19N3O. The molecule has 108 valence electrons. The first-order chi connectivity index (χ1) is 10.3. The van der Waals surface area contributed by atoms with Crippen LogP contribution in [-0.2, 0) is 11.3 Å². The van der Waals surface area contributed by atoms with Crippen LogP contribution in [-0.4, -0.2) is 53.6 Å². The van der Waals surface area contributed by atoms with Crippen LogP contribution in [0.15, 0.2) is 29.3 Å². The molecule has 4 atom stereocenters. The van der Waals surface area contributed by atoms with E-state index in [1.807, 2.05) is 18.2 Å². The molecule has 0 spiro atoms. The molecular weight excluding hydrogens is 262 g/mol. The maximum Gasteiger partial charge on any atom is 0.272 e. The van der Waals surface area contributed by atoms with Crippen molar-refractivity contribution in [2.75, 3.05) is 26.2 Å². The molecule has 1 aromatic carbocycles. The van der Waals surface area contributed by atoms with Gasteiger partial charge in [-0.25, -0.2) is 0 Å². The molecule has 1 unspecified atom stereocenters. The minimum Gasteiger partial charge on any atom is -0.332 e. The van der Waals surface area contributed by atoms with Gasteiger partial charge in [0.1, 0.15) is 5.71 Å². The number of fused-ring (bicyclic) bond motifs is 2. The van der Waals surface area contributed by atoms with Crippen molar-refractivity contribution in [2.45, 2.75) is 19.0 Å². The van der Waals surface area contributed by atoms with Gasteiger partial charge in [-0.05, 0) is 30.4 Å². The third-order valence-corrected chi connectivity index (χ3v) is 5.79. The highest BCUT2D eigenvalue weighted by Crippen LogP contribution is 2.41. The van der Waals surface area contributed by atoms with E-state index < -0.39 is 0 Å². The molecule has 6 rings (SSSR count). The van der Waals surface area contributed by atoms with E-state index in [-0.39, 0.29) is 5.91 Å². The highest BCUT2D eigenvalue weighted by molar-refractivity contribution is 6.46. The first-order valence-electron chi connectivity index (χ1n) is 7.97. The zero-order valence-corrected chi connectivity index (χ0v) is 12.0. The van der Waals surface area contributed by atoms with Crippen molar-refractivity contribution >= 4 is 11.6 Å². The van der Waals surface area contributed by atoms with Gasteiger partial charge in [0.15, 0.2) is 0 Å². The predicted octanol–water partition coefficient (Wildman–Crippen LogP) is 1.15. The van der Waals surface area contributed by atoms with Gasteiger partial charge < -0.3 is 9.80 Å². The maximum atomic E-state index is 13.0. The van der Waals surface area contributed by atoms with Crippen molar-refractivity contribution in [3.8, 4) is 0 Å². The van der Waals surface area contributed by atoms with Crippen LogP contribution in [0, 0.1) is 11.8 Å². The lowest BCUT2D eigenvalue weighted by Gasteiger charge is -2.44. The normalized spacial score (nSPS) is 35.8. The number of piperidine rings is 3. The van der Waals surface area contributed by atoms with E-state index >= 15 is 0 Å². The van der Waals surface area contributed by atoms with Crippen LogP contribution in [0.4, 0.5) is 0 Å². The Morgan fingerprint density at radius 1 is 1.19 bits per heavy atom. The smallest absolute Gasteiger partial charge is 0.272 e. The van der Waals surface area contributed by atoms with Gasteiger partial charge in [-0.1, -0.05) is 24.3 Å². The molecule has 0 radical (unpaired) electrons. The number of amides is 1. The van der Waals surface area contributed by atoms with Crippen molar-refractivity contribution in [3.05, 3.63) is 35.4 Å². The second-order valence-electron chi connectivity index (χ2n) is 6.82. The Morgan fingerprint density at radius 2 is 2.10 bits per heavy atom. The molecule has 1 amide bonds. The number of benzene rings is 1. The summed E-state index contributed by atoms with van der Waals surface area (Å²) in [4.78, 5) is 22.2. The van der Waals surface area contributed by atoms with Crippen molar-refractivity contribution in [3.63, 3.8) is 0 Å². The molecule has 0 saturated carbocycles. The Morgan fingerprint density at radius 3 is 2.95 bits per heavy atom. The number of carbonyl (C=O) groups excluding carboxylic acids is 1. The summed E-state index contributed by atoms with van der Waals surface area (Å²) in [5.41, 5.74) is 2.94. The minimum atomic E-state index is 0.168. The molecule has 5 aliphatic rings. The van der Waals surface area contributed by atoms with Crippen LogP contribution >= 0.6 is 0 Å². The summed E-state index contributed by atoms with van der Waals surface area (Å²) in [6, 6.07) is 8.58. The van der Waals surface area contributed by atoms with E-state index in [0.717, 1.165) is 24.6 Å². The van der Waals surface area contributed by atoms with Crippen LogP contribution in [0.1, 0.15) is 17.5 Å². The van der Waals surface area contributed by atoms with Crippen molar-refractivity contribution < 1.29 is 4.79 Å². The maximum absolute atomic E-state index is 13.0. The number of aliphatic imine (C=N–C) groups is 1. The van der Waals surface area contributed by atoms with Gasteiger partial charge in [-0.15, -0.1) is 0 Å². The summed E-state index contributed by atoms with van der Waals surface area (Å²) in [7, 11) is 0. The zero-order chi connectivity index (χ0) is 14.0. The van der Waals surface area contributed by atoms with Crippen molar-refractivity contribution in [2.24, 2.45) is 16.8 Å². The summed E-state index contributed by atoms with van der Waals surface area (Å²) in [5, 5.41) is 0. The van der Waals surface area contributed by atoms with Gasteiger partial charge in [0.25, 0.3) is 5.91 Å². The van der Waals surface area contributed by atoms with E-state index in [1.165, 1.54) is 25.1 Å². The molecule has 4 nitrogen and oxygen atoms in total. The van der Waals surface area contributed by atoms with Gasteiger partial charge in [0.05, 0.1) is 6.54 Å². The monoisotopic (exact) mass is 281 g/mol. The largest absolute Gasteiger partial charge is 0.332 e. The van der Waals surface area contributed by atoms with Gasteiger partial charge in [0.2, 0.25) is 0 Å². The molecule has 5 aliphatic heterocycles. The molecule has 0 N–H and O–H groups in total. The Balaban J connectivity index is 1.46. The quantitative estimate of drug-likeness (QED) is 0.774. The highest BCUT2D eigenvalue weighted by atomic mass is 16.2. The second kappa shape index (κ2) is 4.17. The van der Waals surface area contributed by atoms with Crippen LogP contribution in [0.25, 0.3) is 0 Å². The molecule has 0 aliphatic carbocycles. The lowest BCUT2D eigenvalue weighted by Crippen LogP contribution is -2.54. The number of hydrogen-bond acceptors (Lipinski definition) is 3. The molecule has 4 bridgehead atoms. The fraction of sp³-hybridized carbons (Fsp3) is 0.529. The summed E-state index contributed by atoms with van der Waals surface area (Å²) in [5.74, 6) is 1.59. The summed E-state index contributed by atoms with van der Waals surface area (Å²) >= 11 is 0. The third kappa shape index (κ3) is 1.59. The van der Waals surface area contributed by atoms with E-state index in [4.69, 9.17) is 0 Å². The van der Waals surface area contributed by atoms with Gasteiger partial charge in [0, 0.05) is 31.2 Å². The number of likely N-dealkylation sites (tertiary alicyclic amines) is 1. The number of hydrogen-bond donors (Lipinski definition) is 0. The van der Waals surface area contributed by atoms with E-state index in [2.05, 4.69) is 20.9 Å². The SMILES string of the molecule is O=C(C1=NCc2ccccc21)N1C[C@@H]2CN3CC[C@@H]2[C@@H]1C3.